The highest BCUT2D eigenvalue weighted by Gasteiger charge is 2.44. The van der Waals surface area contributed by atoms with Crippen LogP contribution in [0, 0.1) is 0 Å². The molecule has 8 heteroatoms. The first-order valence-corrected chi connectivity index (χ1v) is 10.2. The number of imide groups is 2. The number of hydrogen-bond acceptors (Lipinski definition) is 6. The van der Waals surface area contributed by atoms with Gasteiger partial charge in [0.1, 0.15) is 6.04 Å². The molecule has 4 rings (SSSR count). The first-order chi connectivity index (χ1) is 13.8. The molecule has 4 amide bonds. The molecule has 0 spiro atoms. The number of rotatable bonds is 4. The van der Waals surface area contributed by atoms with Crippen molar-refractivity contribution in [3.05, 3.63) is 34.9 Å². The molecule has 2 saturated heterocycles. The molecule has 1 aromatic carbocycles. The molecule has 8 nitrogen and oxygen atoms in total. The zero-order valence-corrected chi connectivity index (χ0v) is 16.7. The highest BCUT2D eigenvalue weighted by molar-refractivity contribution is 6.23. The molecule has 2 fully saturated rings. The van der Waals surface area contributed by atoms with E-state index < -0.39 is 23.8 Å². The van der Waals surface area contributed by atoms with Crippen LogP contribution in [0.2, 0.25) is 0 Å². The van der Waals surface area contributed by atoms with Gasteiger partial charge in [0, 0.05) is 31.1 Å². The number of benzene rings is 1. The third kappa shape index (κ3) is 3.82. The van der Waals surface area contributed by atoms with Gasteiger partial charge in [0.25, 0.3) is 11.8 Å². The van der Waals surface area contributed by atoms with Crippen LogP contribution in [0.1, 0.15) is 65.8 Å². The number of nitrogens with zero attached hydrogens (tertiary/aromatic N) is 1. The van der Waals surface area contributed by atoms with Crippen LogP contribution < -0.4 is 16.0 Å². The Hall–Kier alpha value is -2.58. The Balaban J connectivity index is 1.47. The molecule has 0 saturated carbocycles. The van der Waals surface area contributed by atoms with Crippen molar-refractivity contribution >= 4 is 23.6 Å². The Morgan fingerprint density at radius 3 is 2.41 bits per heavy atom. The smallest absolute Gasteiger partial charge is 0.262 e. The van der Waals surface area contributed by atoms with Crippen LogP contribution in [0.15, 0.2) is 18.2 Å². The van der Waals surface area contributed by atoms with Gasteiger partial charge < -0.3 is 10.6 Å². The minimum absolute atomic E-state index is 0.117. The monoisotopic (exact) mass is 398 g/mol. The Kier molecular flexibility index (Phi) is 5.23. The molecule has 3 N–H and O–H groups in total. The van der Waals surface area contributed by atoms with Crippen LogP contribution >= 0.6 is 0 Å². The minimum atomic E-state index is -0.931. The third-order valence-corrected chi connectivity index (χ3v) is 5.94. The second-order valence-electron chi connectivity index (χ2n) is 8.35. The van der Waals surface area contributed by atoms with Crippen molar-refractivity contribution in [3.63, 3.8) is 0 Å². The molecule has 3 heterocycles. The van der Waals surface area contributed by atoms with E-state index in [-0.39, 0.29) is 18.7 Å². The maximum absolute atomic E-state index is 12.9. The van der Waals surface area contributed by atoms with Crippen LogP contribution in [-0.4, -0.2) is 52.7 Å². The first-order valence-electron chi connectivity index (χ1n) is 10.2. The molecule has 1 aromatic rings. The fraction of sp³-hybridized carbons (Fsp3) is 0.524. The first kappa shape index (κ1) is 19.7. The van der Waals surface area contributed by atoms with Crippen molar-refractivity contribution < 1.29 is 19.2 Å². The van der Waals surface area contributed by atoms with Gasteiger partial charge in [-0.15, -0.1) is 0 Å². The SMILES string of the molecule is C[C@@H]1CC(NCc2ccc3c(c2)C(=O)N(C2CCC(=O)NC2=O)C3=O)C[C@H](C)N1. The third-order valence-electron chi connectivity index (χ3n) is 5.94. The van der Waals surface area contributed by atoms with Gasteiger partial charge in [0.15, 0.2) is 0 Å². The number of piperidine rings is 2. The molecule has 3 aliphatic rings. The number of carbonyl (C=O) groups excluding carboxylic acids is 4. The maximum atomic E-state index is 12.9. The topological polar surface area (TPSA) is 108 Å². The van der Waals surface area contributed by atoms with E-state index in [1.165, 1.54) is 0 Å². The standard InChI is InChI=1S/C21H26N4O4/c1-11-7-14(8-12(2)23-11)22-10-13-3-4-15-16(9-13)21(29)25(20(15)28)17-5-6-18(26)24-19(17)27/h3-4,9,11-12,14,17,22-23H,5-8,10H2,1-2H3,(H,24,26,27)/t11-,12+,14?,17?. The van der Waals surface area contributed by atoms with Gasteiger partial charge in [-0.3, -0.25) is 29.4 Å². The molecule has 2 unspecified atom stereocenters. The molecular formula is C21H26N4O4. The largest absolute Gasteiger partial charge is 0.312 e. The van der Waals surface area contributed by atoms with Crippen molar-refractivity contribution in [2.45, 2.75) is 70.2 Å². The number of carbonyl (C=O) groups is 4. The number of fused-ring (bicyclic) bond motifs is 1. The molecule has 4 atom stereocenters. The fourth-order valence-corrected chi connectivity index (χ4v) is 4.63. The van der Waals surface area contributed by atoms with Crippen LogP contribution in [-0.2, 0) is 16.1 Å². The number of nitrogens with one attached hydrogen (secondary N) is 3. The van der Waals surface area contributed by atoms with Gasteiger partial charge in [-0.25, -0.2) is 0 Å². The van der Waals surface area contributed by atoms with Crippen molar-refractivity contribution in [3.8, 4) is 0 Å². The average Bonchev–Trinajstić information content (AvgIpc) is 2.90. The summed E-state index contributed by atoms with van der Waals surface area (Å²) >= 11 is 0. The molecule has 0 bridgehead atoms. The van der Waals surface area contributed by atoms with Gasteiger partial charge in [0.2, 0.25) is 11.8 Å². The predicted molar refractivity (Wildman–Crippen MR) is 105 cm³/mol. The lowest BCUT2D eigenvalue weighted by Gasteiger charge is -2.33. The summed E-state index contributed by atoms with van der Waals surface area (Å²) in [6.07, 6.45) is 2.36. The molecular weight excluding hydrogens is 372 g/mol. The Morgan fingerprint density at radius 2 is 1.72 bits per heavy atom. The van der Waals surface area contributed by atoms with Crippen molar-refractivity contribution in [2.75, 3.05) is 0 Å². The minimum Gasteiger partial charge on any atom is -0.312 e. The van der Waals surface area contributed by atoms with Crippen LogP contribution in [0.25, 0.3) is 0 Å². The fourth-order valence-electron chi connectivity index (χ4n) is 4.63. The zero-order chi connectivity index (χ0) is 20.7. The van der Waals surface area contributed by atoms with Crippen LogP contribution in [0.3, 0.4) is 0 Å². The molecule has 3 aliphatic heterocycles. The summed E-state index contributed by atoms with van der Waals surface area (Å²) in [4.78, 5) is 50.1. The van der Waals surface area contributed by atoms with Gasteiger partial charge in [-0.2, -0.15) is 0 Å². The van der Waals surface area contributed by atoms with E-state index in [1.807, 2.05) is 6.07 Å². The molecule has 0 radical (unpaired) electrons. The van der Waals surface area contributed by atoms with E-state index in [0.29, 0.717) is 35.8 Å². The van der Waals surface area contributed by atoms with E-state index in [9.17, 15) is 19.2 Å². The van der Waals surface area contributed by atoms with Crippen molar-refractivity contribution in [1.82, 2.24) is 20.9 Å². The Bertz CT molecular complexity index is 873. The summed E-state index contributed by atoms with van der Waals surface area (Å²) in [5, 5.41) is 9.27. The molecule has 0 aliphatic carbocycles. The van der Waals surface area contributed by atoms with Crippen LogP contribution in [0.5, 0.6) is 0 Å². The van der Waals surface area contributed by atoms with Crippen molar-refractivity contribution in [1.29, 1.82) is 0 Å². The van der Waals surface area contributed by atoms with E-state index in [4.69, 9.17) is 0 Å². The van der Waals surface area contributed by atoms with E-state index in [1.54, 1.807) is 12.1 Å². The van der Waals surface area contributed by atoms with Crippen molar-refractivity contribution in [2.24, 2.45) is 0 Å². The number of hydrogen-bond donors (Lipinski definition) is 3. The van der Waals surface area contributed by atoms with Gasteiger partial charge in [0.05, 0.1) is 11.1 Å². The van der Waals surface area contributed by atoms with Gasteiger partial charge in [-0.05, 0) is 50.8 Å². The maximum Gasteiger partial charge on any atom is 0.262 e. The molecule has 29 heavy (non-hydrogen) atoms. The predicted octanol–water partition coefficient (Wildman–Crippen LogP) is 0.706. The Morgan fingerprint density at radius 1 is 1.03 bits per heavy atom. The summed E-state index contributed by atoms with van der Waals surface area (Å²) in [5.41, 5.74) is 1.56. The second-order valence-corrected chi connectivity index (χ2v) is 8.35. The summed E-state index contributed by atoms with van der Waals surface area (Å²) < 4.78 is 0. The van der Waals surface area contributed by atoms with Gasteiger partial charge in [-0.1, -0.05) is 6.07 Å². The molecule has 154 valence electrons. The highest BCUT2D eigenvalue weighted by Crippen LogP contribution is 2.28. The summed E-state index contributed by atoms with van der Waals surface area (Å²) in [6, 6.07) is 5.62. The Labute approximate surface area is 169 Å². The van der Waals surface area contributed by atoms with E-state index in [2.05, 4.69) is 29.8 Å². The quantitative estimate of drug-likeness (QED) is 0.645. The lowest BCUT2D eigenvalue weighted by molar-refractivity contribution is -0.136. The summed E-state index contributed by atoms with van der Waals surface area (Å²) in [6.45, 7) is 4.96. The normalized spacial score (nSPS) is 29.8. The number of amides is 4. The van der Waals surface area contributed by atoms with Crippen LogP contribution in [0.4, 0.5) is 0 Å². The zero-order valence-electron chi connectivity index (χ0n) is 16.7. The second kappa shape index (κ2) is 7.68. The lowest BCUT2D eigenvalue weighted by atomic mass is 9.95. The molecule has 0 aromatic heterocycles. The van der Waals surface area contributed by atoms with E-state index in [0.717, 1.165) is 23.3 Å². The summed E-state index contributed by atoms with van der Waals surface area (Å²) in [7, 11) is 0. The highest BCUT2D eigenvalue weighted by atomic mass is 16.2. The van der Waals surface area contributed by atoms with Gasteiger partial charge >= 0.3 is 0 Å². The summed E-state index contributed by atoms with van der Waals surface area (Å²) in [5.74, 6) is -1.91. The average molecular weight is 398 g/mol. The van der Waals surface area contributed by atoms with E-state index >= 15 is 0 Å². The lowest BCUT2D eigenvalue weighted by Crippen LogP contribution is -2.54.